The molecule has 32 heavy (non-hydrogen) atoms. The number of carbonyl (C=O) groups is 2. The van der Waals surface area contributed by atoms with Crippen LogP contribution in [0.5, 0.6) is 5.75 Å². The minimum Gasteiger partial charge on any atom is -0.495 e. The van der Waals surface area contributed by atoms with E-state index in [1.807, 2.05) is 0 Å². The molecule has 2 aliphatic heterocycles. The zero-order chi connectivity index (χ0) is 22.9. The molecule has 1 saturated carbocycles. The van der Waals surface area contributed by atoms with Gasteiger partial charge in [-0.25, -0.2) is 9.59 Å². The fraction of sp³-hybridized carbons (Fsp3) is 0.667. The van der Waals surface area contributed by atoms with Gasteiger partial charge in [0.25, 0.3) is 0 Å². The Hall–Kier alpha value is -2.32. The molecular weight excluding hydrogens is 410 g/mol. The van der Waals surface area contributed by atoms with Crippen LogP contribution in [0.2, 0.25) is 0 Å². The van der Waals surface area contributed by atoms with Crippen molar-refractivity contribution in [1.82, 2.24) is 9.80 Å². The number of benzene rings is 1. The number of hydrogen-bond acceptors (Lipinski definition) is 6. The molecule has 2 saturated heterocycles. The highest BCUT2D eigenvalue weighted by molar-refractivity contribution is 6.27. The molecule has 8 nitrogen and oxygen atoms in total. The summed E-state index contributed by atoms with van der Waals surface area (Å²) in [5, 5.41) is 14.8. The van der Waals surface area contributed by atoms with Gasteiger partial charge in [-0.15, -0.1) is 0 Å². The molecule has 178 valence electrons. The summed E-state index contributed by atoms with van der Waals surface area (Å²) in [6.07, 6.45) is 10.00. The van der Waals surface area contributed by atoms with Crippen LogP contribution in [0.25, 0.3) is 0 Å². The summed E-state index contributed by atoms with van der Waals surface area (Å²) in [7, 11) is 1.77. The Morgan fingerprint density at radius 1 is 0.781 bits per heavy atom. The number of ether oxygens (including phenoxy) is 1. The van der Waals surface area contributed by atoms with Gasteiger partial charge in [0.15, 0.2) is 0 Å². The molecule has 2 heterocycles. The number of para-hydroxylation sites is 2. The maximum absolute atomic E-state index is 9.10. The van der Waals surface area contributed by atoms with Crippen LogP contribution < -0.4 is 9.64 Å². The third-order valence-corrected chi connectivity index (χ3v) is 7.03. The molecule has 0 bridgehead atoms. The van der Waals surface area contributed by atoms with Gasteiger partial charge in [-0.2, -0.15) is 0 Å². The highest BCUT2D eigenvalue weighted by Crippen LogP contribution is 2.30. The Kier molecular flexibility index (Phi) is 9.17. The standard InChI is InChI=1S/C22H35N3O.C2H2O4/c1-26-22-10-6-5-9-21(22)25-17-15-24(16-18-25)20-11-13-23(14-12-20)19-7-3-2-4-8-19;3-1(4)2(5)6/h5-6,9-10,19-20H,2-4,7-8,11-18H2,1H3;(H,3,4)(H,5,6). The minimum absolute atomic E-state index is 0.801. The molecule has 3 fully saturated rings. The van der Waals surface area contributed by atoms with Crippen molar-refractivity contribution in [1.29, 1.82) is 0 Å². The van der Waals surface area contributed by atoms with Gasteiger partial charge in [0.2, 0.25) is 0 Å². The monoisotopic (exact) mass is 447 g/mol. The van der Waals surface area contributed by atoms with E-state index >= 15 is 0 Å². The highest BCUT2D eigenvalue weighted by Gasteiger charge is 2.30. The van der Waals surface area contributed by atoms with E-state index in [2.05, 4.69) is 39.0 Å². The first kappa shape index (κ1) is 24.3. The number of piperazine rings is 1. The zero-order valence-electron chi connectivity index (χ0n) is 19.1. The second-order valence-electron chi connectivity index (χ2n) is 8.86. The summed E-state index contributed by atoms with van der Waals surface area (Å²) in [5.74, 6) is -2.65. The number of hydrogen-bond donors (Lipinski definition) is 2. The van der Waals surface area contributed by atoms with Gasteiger partial charge >= 0.3 is 11.9 Å². The second kappa shape index (κ2) is 12.1. The Bertz CT molecular complexity index is 725. The summed E-state index contributed by atoms with van der Waals surface area (Å²) in [6.45, 7) is 7.24. The van der Waals surface area contributed by atoms with E-state index in [0.29, 0.717) is 0 Å². The molecule has 0 amide bonds. The van der Waals surface area contributed by atoms with Gasteiger partial charge in [-0.1, -0.05) is 31.4 Å². The molecule has 1 aliphatic carbocycles. The lowest BCUT2D eigenvalue weighted by atomic mass is 9.91. The number of likely N-dealkylation sites (tertiary alicyclic amines) is 1. The lowest BCUT2D eigenvalue weighted by molar-refractivity contribution is -0.159. The number of carboxylic acids is 2. The van der Waals surface area contributed by atoms with Crippen LogP contribution in [-0.4, -0.2) is 90.4 Å². The second-order valence-corrected chi connectivity index (χ2v) is 8.86. The van der Waals surface area contributed by atoms with Crippen molar-refractivity contribution in [2.45, 2.75) is 57.0 Å². The molecule has 4 rings (SSSR count). The van der Waals surface area contributed by atoms with Gasteiger partial charge in [0, 0.05) is 38.3 Å². The number of anilines is 1. The van der Waals surface area contributed by atoms with Gasteiger partial charge in [-0.05, 0) is 50.9 Å². The zero-order valence-corrected chi connectivity index (χ0v) is 19.1. The average molecular weight is 448 g/mol. The highest BCUT2D eigenvalue weighted by atomic mass is 16.5. The number of rotatable bonds is 4. The summed E-state index contributed by atoms with van der Waals surface area (Å²) in [6, 6.07) is 10.1. The smallest absolute Gasteiger partial charge is 0.414 e. The summed E-state index contributed by atoms with van der Waals surface area (Å²) in [4.78, 5) is 26.3. The summed E-state index contributed by atoms with van der Waals surface area (Å²) >= 11 is 0. The molecule has 0 spiro atoms. The Labute approximate surface area is 190 Å². The van der Waals surface area contributed by atoms with Gasteiger partial charge in [0.05, 0.1) is 12.8 Å². The fourth-order valence-corrected chi connectivity index (χ4v) is 5.28. The summed E-state index contributed by atoms with van der Waals surface area (Å²) in [5.41, 5.74) is 1.25. The lowest BCUT2D eigenvalue weighted by Gasteiger charge is -2.45. The quantitative estimate of drug-likeness (QED) is 0.681. The van der Waals surface area contributed by atoms with E-state index in [1.165, 1.54) is 76.8 Å². The van der Waals surface area contributed by atoms with Gasteiger partial charge < -0.3 is 24.7 Å². The van der Waals surface area contributed by atoms with Crippen molar-refractivity contribution in [3.05, 3.63) is 24.3 Å². The Morgan fingerprint density at radius 3 is 1.88 bits per heavy atom. The number of methoxy groups -OCH3 is 1. The SMILES string of the molecule is COc1ccccc1N1CCN(C2CCN(C3CCCCC3)CC2)CC1.O=C(O)C(=O)O. The van der Waals surface area contributed by atoms with Crippen molar-refractivity contribution in [2.24, 2.45) is 0 Å². The van der Waals surface area contributed by atoms with Crippen molar-refractivity contribution in [3.63, 3.8) is 0 Å². The minimum atomic E-state index is -1.82. The number of nitrogens with zero attached hydrogens (tertiary/aromatic N) is 3. The van der Waals surface area contributed by atoms with E-state index in [0.717, 1.165) is 30.9 Å². The van der Waals surface area contributed by atoms with Crippen molar-refractivity contribution in [3.8, 4) is 5.75 Å². The maximum atomic E-state index is 9.10. The van der Waals surface area contributed by atoms with Gasteiger partial charge in [-0.3, -0.25) is 4.90 Å². The topological polar surface area (TPSA) is 93.5 Å². The average Bonchev–Trinajstić information content (AvgIpc) is 2.85. The molecule has 1 aromatic carbocycles. The normalized spacial score (nSPS) is 21.5. The van der Waals surface area contributed by atoms with Crippen molar-refractivity contribution < 1.29 is 24.5 Å². The maximum Gasteiger partial charge on any atom is 0.414 e. The van der Waals surface area contributed by atoms with Crippen LogP contribution in [-0.2, 0) is 9.59 Å². The first-order chi connectivity index (χ1) is 15.5. The molecule has 3 aliphatic rings. The Morgan fingerprint density at radius 2 is 1.31 bits per heavy atom. The fourth-order valence-electron chi connectivity index (χ4n) is 5.28. The van der Waals surface area contributed by atoms with E-state index < -0.39 is 11.9 Å². The van der Waals surface area contributed by atoms with Crippen LogP contribution in [0.3, 0.4) is 0 Å². The molecule has 0 atom stereocenters. The van der Waals surface area contributed by atoms with E-state index in [1.54, 1.807) is 7.11 Å². The lowest BCUT2D eigenvalue weighted by Crippen LogP contribution is -2.54. The van der Waals surface area contributed by atoms with Crippen LogP contribution in [0.4, 0.5) is 5.69 Å². The first-order valence-electron chi connectivity index (χ1n) is 11.8. The number of piperidine rings is 1. The molecule has 8 heteroatoms. The van der Waals surface area contributed by atoms with Crippen molar-refractivity contribution >= 4 is 17.6 Å². The molecule has 1 aromatic rings. The largest absolute Gasteiger partial charge is 0.495 e. The van der Waals surface area contributed by atoms with E-state index in [4.69, 9.17) is 24.5 Å². The molecule has 0 unspecified atom stereocenters. The first-order valence-corrected chi connectivity index (χ1v) is 11.8. The van der Waals surface area contributed by atoms with Crippen LogP contribution in [0, 0.1) is 0 Å². The van der Waals surface area contributed by atoms with Gasteiger partial charge in [0.1, 0.15) is 5.75 Å². The van der Waals surface area contributed by atoms with Crippen LogP contribution >= 0.6 is 0 Å². The van der Waals surface area contributed by atoms with Crippen LogP contribution in [0.15, 0.2) is 24.3 Å². The molecular formula is C24H37N3O5. The summed E-state index contributed by atoms with van der Waals surface area (Å²) < 4.78 is 5.55. The number of aliphatic carboxylic acids is 2. The third-order valence-electron chi connectivity index (χ3n) is 7.03. The van der Waals surface area contributed by atoms with Crippen molar-refractivity contribution in [2.75, 3.05) is 51.3 Å². The predicted octanol–water partition coefficient (Wildman–Crippen LogP) is 2.77. The molecule has 0 radical (unpaired) electrons. The number of carboxylic acid groups (broad SMARTS) is 2. The third kappa shape index (κ3) is 6.59. The molecule has 0 aromatic heterocycles. The predicted molar refractivity (Wildman–Crippen MR) is 124 cm³/mol. The van der Waals surface area contributed by atoms with Crippen LogP contribution in [0.1, 0.15) is 44.9 Å². The van der Waals surface area contributed by atoms with E-state index in [9.17, 15) is 0 Å². The molecule has 2 N–H and O–H groups in total. The Balaban J connectivity index is 0.000000427. The van der Waals surface area contributed by atoms with E-state index in [-0.39, 0.29) is 0 Å².